The van der Waals surface area contributed by atoms with Gasteiger partial charge in [-0.15, -0.1) is 0 Å². The van der Waals surface area contributed by atoms with Gasteiger partial charge in [0.25, 0.3) is 0 Å². The van der Waals surface area contributed by atoms with Gasteiger partial charge in [0.1, 0.15) is 11.6 Å². The van der Waals surface area contributed by atoms with Crippen LogP contribution >= 0.6 is 0 Å². The van der Waals surface area contributed by atoms with Crippen molar-refractivity contribution in [2.24, 2.45) is 0 Å². The molecule has 30 heavy (non-hydrogen) atoms. The maximum absolute atomic E-state index is 6.39. The minimum absolute atomic E-state index is 0.545. The number of nitrogens with two attached hydrogens (primary N) is 1. The number of imidazole rings is 1. The number of hydrogen-bond acceptors (Lipinski definition) is 5. The third-order valence-corrected chi connectivity index (χ3v) is 5.89. The molecule has 2 aromatic carbocycles. The van der Waals surface area contributed by atoms with Gasteiger partial charge in [0.2, 0.25) is 0 Å². The highest BCUT2D eigenvalue weighted by atomic mass is 16.5. The van der Waals surface area contributed by atoms with E-state index in [9.17, 15) is 0 Å². The number of rotatable bonds is 3. The molecule has 0 amide bonds. The number of benzene rings is 2. The van der Waals surface area contributed by atoms with E-state index in [4.69, 9.17) is 15.5 Å². The second-order valence-electron chi connectivity index (χ2n) is 7.62. The first kappa shape index (κ1) is 18.4. The van der Waals surface area contributed by atoms with E-state index in [1.54, 1.807) is 7.11 Å². The number of hydrogen-bond donors (Lipinski definition) is 1. The zero-order chi connectivity index (χ0) is 20.8. The van der Waals surface area contributed by atoms with Crippen LogP contribution in [0.4, 0.5) is 5.82 Å². The zero-order valence-electron chi connectivity index (χ0n) is 17.3. The van der Waals surface area contributed by atoms with E-state index in [-0.39, 0.29) is 0 Å². The topological polar surface area (TPSA) is 78.8 Å². The molecule has 0 unspecified atom stereocenters. The average molecular weight is 397 g/mol. The number of nitrogen functional groups attached to an aromatic ring is 1. The standard InChI is InChI=1S/C24H23N5O/c1-14-15(2)29(13-26-14)18-6-4-5-17(11-18)24-27-22-20(23(25)28-24)10-8-16-7-9-19(30-3)12-21(16)22/h4-7,9,11-13H,8,10H2,1-3H3,(H2,25,27,28). The van der Waals surface area contributed by atoms with Crippen molar-refractivity contribution in [3.63, 3.8) is 0 Å². The number of methoxy groups -OCH3 is 1. The van der Waals surface area contributed by atoms with Gasteiger partial charge in [-0.25, -0.2) is 15.0 Å². The van der Waals surface area contributed by atoms with Gasteiger partial charge in [-0.2, -0.15) is 0 Å². The summed E-state index contributed by atoms with van der Waals surface area (Å²) in [6.07, 6.45) is 3.61. The Labute approximate surface area is 175 Å². The van der Waals surface area contributed by atoms with Gasteiger partial charge < -0.3 is 15.0 Å². The number of fused-ring (bicyclic) bond motifs is 3. The van der Waals surface area contributed by atoms with Gasteiger partial charge in [0.05, 0.1) is 24.8 Å². The van der Waals surface area contributed by atoms with Crippen LogP contribution in [0.5, 0.6) is 5.75 Å². The number of aryl methyl sites for hydroxylation is 2. The van der Waals surface area contributed by atoms with Crippen molar-refractivity contribution in [3.8, 4) is 34.1 Å². The summed E-state index contributed by atoms with van der Waals surface area (Å²) in [4.78, 5) is 14.0. The molecule has 0 saturated carbocycles. The predicted octanol–water partition coefficient (Wildman–Crippen LogP) is 4.30. The summed E-state index contributed by atoms with van der Waals surface area (Å²) in [7, 11) is 1.68. The molecule has 1 aliphatic carbocycles. The minimum atomic E-state index is 0.545. The number of ether oxygens (including phenoxy) is 1. The molecule has 0 saturated heterocycles. The lowest BCUT2D eigenvalue weighted by Gasteiger charge is -2.21. The summed E-state index contributed by atoms with van der Waals surface area (Å²) in [5.74, 6) is 1.98. The summed E-state index contributed by atoms with van der Waals surface area (Å²) in [5.41, 5.74) is 14.7. The predicted molar refractivity (Wildman–Crippen MR) is 118 cm³/mol. The molecule has 0 atom stereocenters. The maximum Gasteiger partial charge on any atom is 0.162 e. The van der Waals surface area contributed by atoms with E-state index < -0.39 is 0 Å². The van der Waals surface area contributed by atoms with Crippen LogP contribution in [0.2, 0.25) is 0 Å². The Hall–Kier alpha value is -3.67. The molecule has 150 valence electrons. The molecule has 2 aromatic heterocycles. The molecule has 2 heterocycles. The van der Waals surface area contributed by atoms with Gasteiger partial charge in [0, 0.05) is 28.1 Å². The molecule has 1 aliphatic rings. The van der Waals surface area contributed by atoms with E-state index >= 15 is 0 Å². The molecule has 0 fully saturated rings. The van der Waals surface area contributed by atoms with Crippen LogP contribution in [-0.2, 0) is 12.8 Å². The fraction of sp³-hybridized carbons (Fsp3) is 0.208. The quantitative estimate of drug-likeness (QED) is 0.557. The Morgan fingerprint density at radius 2 is 1.90 bits per heavy atom. The molecule has 0 spiro atoms. The molecular weight excluding hydrogens is 374 g/mol. The Balaban J connectivity index is 1.65. The Morgan fingerprint density at radius 1 is 1.03 bits per heavy atom. The third-order valence-electron chi connectivity index (χ3n) is 5.89. The Kier molecular flexibility index (Phi) is 4.28. The molecule has 2 N–H and O–H groups in total. The van der Waals surface area contributed by atoms with Crippen LogP contribution in [0.3, 0.4) is 0 Å². The van der Waals surface area contributed by atoms with Gasteiger partial charge >= 0.3 is 0 Å². The first-order valence-corrected chi connectivity index (χ1v) is 10.00. The van der Waals surface area contributed by atoms with Gasteiger partial charge in [-0.05, 0) is 56.5 Å². The molecule has 0 aliphatic heterocycles. The maximum atomic E-state index is 6.39. The van der Waals surface area contributed by atoms with Crippen LogP contribution in [0, 0.1) is 13.8 Å². The van der Waals surface area contributed by atoms with Crippen molar-refractivity contribution in [3.05, 3.63) is 71.3 Å². The first-order chi connectivity index (χ1) is 14.5. The molecule has 4 aromatic rings. The van der Waals surface area contributed by atoms with Crippen molar-refractivity contribution in [2.75, 3.05) is 12.8 Å². The van der Waals surface area contributed by atoms with E-state index in [1.807, 2.05) is 37.5 Å². The fourth-order valence-electron chi connectivity index (χ4n) is 4.03. The smallest absolute Gasteiger partial charge is 0.162 e. The average Bonchev–Trinajstić information content (AvgIpc) is 3.11. The van der Waals surface area contributed by atoms with Crippen molar-refractivity contribution < 1.29 is 4.74 Å². The molecule has 0 radical (unpaired) electrons. The summed E-state index contributed by atoms with van der Waals surface area (Å²) in [6, 6.07) is 14.3. The third kappa shape index (κ3) is 2.92. The Bertz CT molecular complexity index is 1270. The first-order valence-electron chi connectivity index (χ1n) is 10.00. The minimum Gasteiger partial charge on any atom is -0.497 e. The van der Waals surface area contributed by atoms with E-state index in [0.29, 0.717) is 11.6 Å². The summed E-state index contributed by atoms with van der Waals surface area (Å²) < 4.78 is 7.51. The van der Waals surface area contributed by atoms with E-state index in [1.165, 1.54) is 5.56 Å². The highest BCUT2D eigenvalue weighted by Crippen LogP contribution is 2.37. The van der Waals surface area contributed by atoms with Crippen LogP contribution in [0.25, 0.3) is 28.3 Å². The summed E-state index contributed by atoms with van der Waals surface area (Å²) >= 11 is 0. The lowest BCUT2D eigenvalue weighted by Crippen LogP contribution is -2.12. The highest BCUT2D eigenvalue weighted by molar-refractivity contribution is 5.77. The van der Waals surface area contributed by atoms with E-state index in [2.05, 4.69) is 39.7 Å². The van der Waals surface area contributed by atoms with Gasteiger partial charge in [-0.3, -0.25) is 0 Å². The highest BCUT2D eigenvalue weighted by Gasteiger charge is 2.22. The van der Waals surface area contributed by atoms with Crippen molar-refractivity contribution >= 4 is 5.82 Å². The second kappa shape index (κ2) is 6.99. The summed E-state index contributed by atoms with van der Waals surface area (Å²) in [6.45, 7) is 4.07. The van der Waals surface area contributed by atoms with E-state index in [0.717, 1.165) is 58.1 Å². The zero-order valence-corrected chi connectivity index (χ0v) is 17.3. The van der Waals surface area contributed by atoms with Crippen LogP contribution < -0.4 is 10.5 Å². The van der Waals surface area contributed by atoms with Crippen molar-refractivity contribution in [2.45, 2.75) is 26.7 Å². The monoisotopic (exact) mass is 397 g/mol. The van der Waals surface area contributed by atoms with Gasteiger partial charge in [0.15, 0.2) is 5.82 Å². The number of anilines is 1. The molecular formula is C24H23N5O. The molecule has 6 nitrogen and oxygen atoms in total. The molecule has 6 heteroatoms. The molecule has 5 rings (SSSR count). The molecule has 0 bridgehead atoms. The normalized spacial score (nSPS) is 12.4. The van der Waals surface area contributed by atoms with Gasteiger partial charge in [-0.1, -0.05) is 18.2 Å². The fourth-order valence-corrected chi connectivity index (χ4v) is 4.03. The number of nitrogens with zero attached hydrogens (tertiary/aromatic N) is 4. The number of aromatic nitrogens is 4. The van der Waals surface area contributed by atoms with Crippen LogP contribution in [-0.4, -0.2) is 26.6 Å². The lowest BCUT2D eigenvalue weighted by molar-refractivity contribution is 0.415. The second-order valence-corrected chi connectivity index (χ2v) is 7.62. The van der Waals surface area contributed by atoms with Crippen LogP contribution in [0.15, 0.2) is 48.8 Å². The Morgan fingerprint density at radius 3 is 2.67 bits per heavy atom. The largest absolute Gasteiger partial charge is 0.497 e. The van der Waals surface area contributed by atoms with Crippen LogP contribution in [0.1, 0.15) is 22.5 Å². The van der Waals surface area contributed by atoms with Crippen molar-refractivity contribution in [1.82, 2.24) is 19.5 Å². The van der Waals surface area contributed by atoms with Crippen molar-refractivity contribution in [1.29, 1.82) is 0 Å². The SMILES string of the molecule is COc1ccc2c(c1)-c1nc(-c3cccc(-n4cnc(C)c4C)c3)nc(N)c1CC2. The summed E-state index contributed by atoms with van der Waals surface area (Å²) in [5, 5.41) is 0. The lowest BCUT2D eigenvalue weighted by atomic mass is 9.89.